The molecule has 2 heterocycles. The SMILES string of the molecule is NC(=O)c1nc(CNC(=O)C[C@@H](Cc2ccccc2)c2ccco2)no1. The minimum atomic E-state index is -0.809. The van der Waals surface area contributed by atoms with Gasteiger partial charge in [-0.25, -0.2) is 0 Å². The molecule has 0 bridgehead atoms. The van der Waals surface area contributed by atoms with Crippen molar-refractivity contribution in [3.8, 4) is 0 Å². The lowest BCUT2D eigenvalue weighted by molar-refractivity contribution is -0.121. The molecule has 0 aliphatic rings. The second-order valence-electron chi connectivity index (χ2n) is 5.76. The number of nitrogens with zero attached hydrogens (tertiary/aromatic N) is 2. The van der Waals surface area contributed by atoms with Gasteiger partial charge in [0.25, 0.3) is 0 Å². The maximum absolute atomic E-state index is 12.3. The normalized spacial score (nSPS) is 11.8. The highest BCUT2D eigenvalue weighted by Gasteiger charge is 2.20. The fourth-order valence-corrected chi connectivity index (χ4v) is 2.59. The summed E-state index contributed by atoms with van der Waals surface area (Å²) in [6, 6.07) is 13.6. The molecule has 0 saturated heterocycles. The van der Waals surface area contributed by atoms with Gasteiger partial charge in [-0.15, -0.1) is 0 Å². The first-order chi connectivity index (χ1) is 12.6. The smallest absolute Gasteiger partial charge is 0.315 e. The molecule has 26 heavy (non-hydrogen) atoms. The molecule has 0 aliphatic heterocycles. The largest absolute Gasteiger partial charge is 0.469 e. The molecule has 0 aliphatic carbocycles. The van der Waals surface area contributed by atoms with E-state index in [1.807, 2.05) is 36.4 Å². The van der Waals surface area contributed by atoms with Crippen LogP contribution in [0.15, 0.2) is 57.7 Å². The van der Waals surface area contributed by atoms with Gasteiger partial charge < -0.3 is 20.0 Å². The Bertz CT molecular complexity index is 858. The summed E-state index contributed by atoms with van der Waals surface area (Å²) in [4.78, 5) is 27.0. The van der Waals surface area contributed by atoms with Crippen LogP contribution in [-0.2, 0) is 17.8 Å². The van der Waals surface area contributed by atoms with E-state index in [1.165, 1.54) is 0 Å². The van der Waals surface area contributed by atoms with Crippen LogP contribution >= 0.6 is 0 Å². The topological polar surface area (TPSA) is 124 Å². The summed E-state index contributed by atoms with van der Waals surface area (Å²) in [6.07, 6.45) is 2.51. The first-order valence-electron chi connectivity index (χ1n) is 8.08. The third kappa shape index (κ3) is 4.56. The van der Waals surface area contributed by atoms with Gasteiger partial charge in [-0.2, -0.15) is 4.98 Å². The van der Waals surface area contributed by atoms with Crippen molar-refractivity contribution < 1.29 is 18.5 Å². The van der Waals surface area contributed by atoms with Gasteiger partial charge in [-0.05, 0) is 24.1 Å². The van der Waals surface area contributed by atoms with Crippen molar-refractivity contribution in [2.75, 3.05) is 0 Å². The highest BCUT2D eigenvalue weighted by Crippen LogP contribution is 2.25. The Morgan fingerprint density at radius 2 is 1.96 bits per heavy atom. The zero-order valence-corrected chi connectivity index (χ0v) is 13.9. The number of primary amides is 1. The predicted octanol–water partition coefficient (Wildman–Crippen LogP) is 1.79. The minimum absolute atomic E-state index is 0.0474. The molecule has 0 spiro atoms. The summed E-state index contributed by atoms with van der Waals surface area (Å²) < 4.78 is 10.2. The summed E-state index contributed by atoms with van der Waals surface area (Å²) in [5.41, 5.74) is 6.16. The summed E-state index contributed by atoms with van der Waals surface area (Å²) in [7, 11) is 0. The number of furan rings is 1. The van der Waals surface area contributed by atoms with E-state index in [0.29, 0.717) is 6.42 Å². The van der Waals surface area contributed by atoms with Crippen LogP contribution in [0.4, 0.5) is 0 Å². The number of nitrogens with one attached hydrogen (secondary N) is 1. The molecule has 3 aromatic rings. The van der Waals surface area contributed by atoms with Crippen molar-refractivity contribution in [2.45, 2.75) is 25.3 Å². The van der Waals surface area contributed by atoms with Crippen LogP contribution in [0.3, 0.4) is 0 Å². The zero-order chi connectivity index (χ0) is 18.4. The number of amides is 2. The van der Waals surface area contributed by atoms with Gasteiger partial charge in [0.15, 0.2) is 5.82 Å². The maximum atomic E-state index is 12.3. The second kappa shape index (κ2) is 8.11. The number of carbonyl (C=O) groups is 2. The van der Waals surface area contributed by atoms with Crippen LogP contribution in [-0.4, -0.2) is 22.0 Å². The van der Waals surface area contributed by atoms with Gasteiger partial charge in [0.2, 0.25) is 5.91 Å². The number of benzene rings is 1. The number of aromatic nitrogens is 2. The van der Waals surface area contributed by atoms with Crippen LogP contribution in [0.25, 0.3) is 0 Å². The lowest BCUT2D eigenvalue weighted by atomic mass is 9.93. The molecule has 0 unspecified atom stereocenters. The zero-order valence-electron chi connectivity index (χ0n) is 13.9. The van der Waals surface area contributed by atoms with E-state index in [2.05, 4.69) is 20.0 Å². The Morgan fingerprint density at radius 1 is 1.15 bits per heavy atom. The van der Waals surface area contributed by atoms with Gasteiger partial charge in [0.1, 0.15) is 5.76 Å². The number of nitrogens with two attached hydrogens (primary N) is 1. The summed E-state index contributed by atoms with van der Waals surface area (Å²) in [5, 5.41) is 6.30. The summed E-state index contributed by atoms with van der Waals surface area (Å²) in [5.74, 6) is -0.446. The van der Waals surface area contributed by atoms with Crippen LogP contribution in [0, 0.1) is 0 Å². The molecule has 0 saturated carbocycles. The van der Waals surface area contributed by atoms with Crippen molar-refractivity contribution in [2.24, 2.45) is 5.73 Å². The Morgan fingerprint density at radius 3 is 2.62 bits per heavy atom. The van der Waals surface area contributed by atoms with Gasteiger partial charge in [0.05, 0.1) is 12.8 Å². The van der Waals surface area contributed by atoms with Crippen LogP contribution in [0.2, 0.25) is 0 Å². The first-order valence-corrected chi connectivity index (χ1v) is 8.08. The van der Waals surface area contributed by atoms with E-state index in [1.54, 1.807) is 12.3 Å². The molecule has 3 rings (SSSR count). The number of hydrogen-bond donors (Lipinski definition) is 2. The third-order valence-corrected chi connectivity index (χ3v) is 3.82. The molecule has 0 radical (unpaired) electrons. The van der Waals surface area contributed by atoms with Crippen LogP contribution in [0.5, 0.6) is 0 Å². The van der Waals surface area contributed by atoms with E-state index < -0.39 is 5.91 Å². The van der Waals surface area contributed by atoms with E-state index in [4.69, 9.17) is 10.2 Å². The average molecular weight is 354 g/mol. The van der Waals surface area contributed by atoms with E-state index in [-0.39, 0.29) is 36.5 Å². The Hall–Kier alpha value is -3.42. The van der Waals surface area contributed by atoms with E-state index >= 15 is 0 Å². The molecule has 134 valence electrons. The molecule has 0 fully saturated rings. The molecular weight excluding hydrogens is 336 g/mol. The molecule has 3 N–H and O–H groups in total. The molecule has 1 aromatic carbocycles. The standard InChI is InChI=1S/C18H18N4O4/c19-17(24)18-21-15(22-26-18)11-20-16(23)10-13(14-7-4-8-25-14)9-12-5-2-1-3-6-12/h1-8,13H,9-11H2,(H2,19,24)(H,20,23)/t13-/m1/s1. The number of carbonyl (C=O) groups excluding carboxylic acids is 2. The highest BCUT2D eigenvalue weighted by molar-refractivity contribution is 5.87. The van der Waals surface area contributed by atoms with Crippen molar-refractivity contribution in [3.05, 3.63) is 71.8 Å². The Balaban J connectivity index is 1.60. The predicted molar refractivity (Wildman–Crippen MR) is 90.9 cm³/mol. The van der Waals surface area contributed by atoms with Crippen molar-refractivity contribution in [3.63, 3.8) is 0 Å². The Labute approximate surface area is 149 Å². The lowest BCUT2D eigenvalue weighted by Crippen LogP contribution is -2.25. The van der Waals surface area contributed by atoms with Crippen LogP contribution < -0.4 is 11.1 Å². The summed E-state index contributed by atoms with van der Waals surface area (Å²) >= 11 is 0. The highest BCUT2D eigenvalue weighted by atomic mass is 16.5. The minimum Gasteiger partial charge on any atom is -0.469 e. The van der Waals surface area contributed by atoms with Crippen LogP contribution in [0.1, 0.15) is 40.2 Å². The van der Waals surface area contributed by atoms with Gasteiger partial charge in [0, 0.05) is 12.3 Å². The number of hydrogen-bond acceptors (Lipinski definition) is 6. The molecule has 1 atom stereocenters. The van der Waals surface area contributed by atoms with E-state index in [9.17, 15) is 9.59 Å². The van der Waals surface area contributed by atoms with Crippen molar-refractivity contribution >= 4 is 11.8 Å². The van der Waals surface area contributed by atoms with E-state index in [0.717, 1.165) is 11.3 Å². The molecular formula is C18H18N4O4. The average Bonchev–Trinajstić information content (AvgIpc) is 3.32. The summed E-state index contributed by atoms with van der Waals surface area (Å²) in [6.45, 7) is 0.0474. The second-order valence-corrected chi connectivity index (χ2v) is 5.76. The lowest BCUT2D eigenvalue weighted by Gasteiger charge is -2.14. The molecule has 2 aromatic heterocycles. The first kappa shape index (κ1) is 17.4. The molecule has 2 amide bonds. The monoisotopic (exact) mass is 354 g/mol. The quantitative estimate of drug-likeness (QED) is 0.635. The van der Waals surface area contributed by atoms with Crippen molar-refractivity contribution in [1.29, 1.82) is 0 Å². The molecule has 8 nitrogen and oxygen atoms in total. The van der Waals surface area contributed by atoms with Gasteiger partial charge >= 0.3 is 11.8 Å². The Kier molecular flexibility index (Phi) is 5.43. The van der Waals surface area contributed by atoms with Gasteiger partial charge in [-0.1, -0.05) is 35.5 Å². The maximum Gasteiger partial charge on any atom is 0.315 e. The third-order valence-electron chi connectivity index (χ3n) is 3.82. The number of rotatable bonds is 8. The van der Waals surface area contributed by atoms with Crippen molar-refractivity contribution in [1.82, 2.24) is 15.5 Å². The fraction of sp³-hybridized carbons (Fsp3) is 0.222. The van der Waals surface area contributed by atoms with Gasteiger partial charge in [-0.3, -0.25) is 9.59 Å². The fourth-order valence-electron chi connectivity index (χ4n) is 2.59. The molecule has 8 heteroatoms.